The Hall–Kier alpha value is -2.04. The lowest BCUT2D eigenvalue weighted by atomic mass is 9.87. The van der Waals surface area contributed by atoms with Gasteiger partial charge in [0.1, 0.15) is 5.52 Å². The maximum atomic E-state index is 12.2. The first-order valence-corrected chi connectivity index (χ1v) is 10.1. The molecule has 2 aliphatic rings. The summed E-state index contributed by atoms with van der Waals surface area (Å²) in [6.07, 6.45) is 9.27. The second kappa shape index (κ2) is 8.11. The number of anilines is 1. The van der Waals surface area contributed by atoms with Crippen LogP contribution >= 0.6 is 0 Å². The van der Waals surface area contributed by atoms with Crippen LogP contribution in [0.15, 0.2) is 28.7 Å². The molecule has 140 valence electrons. The zero-order valence-corrected chi connectivity index (χ0v) is 15.5. The number of para-hydroxylation sites is 2. The Balaban J connectivity index is 1.21. The van der Waals surface area contributed by atoms with Gasteiger partial charge in [0.25, 0.3) is 6.01 Å². The molecular formula is C21H29N3O2. The quantitative estimate of drug-likeness (QED) is 0.876. The molecule has 1 saturated carbocycles. The number of benzene rings is 1. The third-order valence-electron chi connectivity index (χ3n) is 5.95. The van der Waals surface area contributed by atoms with Crippen molar-refractivity contribution in [3.05, 3.63) is 24.3 Å². The Bertz CT molecular complexity index is 695. The van der Waals surface area contributed by atoms with Crippen LogP contribution in [0.5, 0.6) is 0 Å². The minimum atomic E-state index is 0.248. The van der Waals surface area contributed by atoms with Gasteiger partial charge in [0.15, 0.2) is 5.58 Å². The lowest BCUT2D eigenvalue weighted by molar-refractivity contribution is -0.122. The van der Waals surface area contributed by atoms with Crippen LogP contribution < -0.4 is 10.2 Å². The third-order valence-corrected chi connectivity index (χ3v) is 5.95. The molecule has 2 aromatic rings. The molecule has 1 aliphatic carbocycles. The topological polar surface area (TPSA) is 58.4 Å². The molecule has 0 radical (unpaired) electrons. The summed E-state index contributed by atoms with van der Waals surface area (Å²) in [5.74, 6) is 1.42. The zero-order chi connectivity index (χ0) is 17.8. The molecule has 0 atom stereocenters. The smallest absolute Gasteiger partial charge is 0.298 e. The highest BCUT2D eigenvalue weighted by Crippen LogP contribution is 2.27. The lowest BCUT2D eigenvalue weighted by Crippen LogP contribution is -2.39. The summed E-state index contributed by atoms with van der Waals surface area (Å²) in [4.78, 5) is 19.0. The number of carbonyl (C=O) groups is 1. The molecule has 5 heteroatoms. The second-order valence-corrected chi connectivity index (χ2v) is 7.91. The third kappa shape index (κ3) is 4.19. The molecule has 26 heavy (non-hydrogen) atoms. The van der Waals surface area contributed by atoms with Crippen molar-refractivity contribution in [1.29, 1.82) is 0 Å². The molecule has 5 nitrogen and oxygen atoms in total. The minimum Gasteiger partial charge on any atom is -0.423 e. The average Bonchev–Trinajstić information content (AvgIpc) is 3.12. The highest BCUT2D eigenvalue weighted by Gasteiger charge is 2.23. The van der Waals surface area contributed by atoms with Crippen LogP contribution in [0.25, 0.3) is 11.1 Å². The molecule has 2 heterocycles. The van der Waals surface area contributed by atoms with Gasteiger partial charge in [-0.25, -0.2) is 0 Å². The first-order chi connectivity index (χ1) is 12.8. The maximum absolute atomic E-state index is 12.2. The molecule has 4 rings (SSSR count). The first kappa shape index (κ1) is 17.4. The van der Waals surface area contributed by atoms with E-state index in [0.29, 0.717) is 11.8 Å². The molecule has 0 spiro atoms. The molecule has 1 N–H and O–H groups in total. The Morgan fingerprint density at radius 3 is 2.62 bits per heavy atom. The minimum absolute atomic E-state index is 0.248. The number of carbonyl (C=O) groups excluding carboxylic acids is 1. The van der Waals surface area contributed by atoms with E-state index in [9.17, 15) is 4.79 Å². The number of aromatic nitrogens is 1. The summed E-state index contributed by atoms with van der Waals surface area (Å²) in [7, 11) is 0. The fraction of sp³-hybridized carbons (Fsp3) is 0.619. The average molecular weight is 355 g/mol. The predicted molar refractivity (Wildman–Crippen MR) is 103 cm³/mol. The molecule has 1 saturated heterocycles. The van der Waals surface area contributed by atoms with Gasteiger partial charge in [-0.05, 0) is 49.7 Å². The largest absolute Gasteiger partial charge is 0.423 e. The van der Waals surface area contributed by atoms with E-state index in [1.165, 1.54) is 32.1 Å². The van der Waals surface area contributed by atoms with Gasteiger partial charge in [-0.2, -0.15) is 4.98 Å². The van der Waals surface area contributed by atoms with Gasteiger partial charge >= 0.3 is 0 Å². The first-order valence-electron chi connectivity index (χ1n) is 10.1. The number of hydrogen-bond donors (Lipinski definition) is 1. The van der Waals surface area contributed by atoms with Gasteiger partial charge in [-0.3, -0.25) is 4.79 Å². The van der Waals surface area contributed by atoms with Gasteiger partial charge in [0, 0.05) is 26.1 Å². The van der Waals surface area contributed by atoms with E-state index in [-0.39, 0.29) is 5.91 Å². The Morgan fingerprint density at radius 1 is 1.08 bits per heavy atom. The summed E-state index contributed by atoms with van der Waals surface area (Å²) in [6.45, 7) is 2.69. The predicted octanol–water partition coefficient (Wildman–Crippen LogP) is 4.13. The lowest BCUT2D eigenvalue weighted by Gasteiger charge is -2.31. The summed E-state index contributed by atoms with van der Waals surface area (Å²) >= 11 is 0. The Labute approximate surface area is 155 Å². The van der Waals surface area contributed by atoms with E-state index in [4.69, 9.17) is 4.42 Å². The van der Waals surface area contributed by atoms with Crippen LogP contribution in [0.3, 0.4) is 0 Å². The van der Waals surface area contributed by atoms with Crippen LogP contribution in [0, 0.1) is 11.8 Å². The monoisotopic (exact) mass is 355 g/mol. The van der Waals surface area contributed by atoms with Crippen molar-refractivity contribution in [3.8, 4) is 0 Å². The van der Waals surface area contributed by atoms with Crippen LogP contribution in [-0.4, -0.2) is 30.5 Å². The Kier molecular flexibility index (Phi) is 5.42. The van der Waals surface area contributed by atoms with Gasteiger partial charge in [0.05, 0.1) is 0 Å². The van der Waals surface area contributed by atoms with E-state index >= 15 is 0 Å². The van der Waals surface area contributed by atoms with Crippen molar-refractivity contribution in [2.75, 3.05) is 24.5 Å². The highest BCUT2D eigenvalue weighted by molar-refractivity contribution is 5.76. The van der Waals surface area contributed by atoms with Gasteiger partial charge < -0.3 is 14.6 Å². The van der Waals surface area contributed by atoms with E-state index in [1.807, 2.05) is 24.3 Å². The van der Waals surface area contributed by atoms with Gasteiger partial charge in [0.2, 0.25) is 5.91 Å². The number of nitrogens with one attached hydrogen (secondary N) is 1. The number of fused-ring (bicyclic) bond motifs is 1. The molecule has 1 aromatic heterocycles. The SMILES string of the molecule is O=C(CC1CCCCC1)NCC1CCN(c2nc3ccccc3o2)CC1. The summed E-state index contributed by atoms with van der Waals surface area (Å²) in [5.41, 5.74) is 1.76. The number of nitrogens with zero attached hydrogens (tertiary/aromatic N) is 2. The highest BCUT2D eigenvalue weighted by atomic mass is 16.4. The van der Waals surface area contributed by atoms with Crippen LogP contribution in [0.4, 0.5) is 6.01 Å². The summed E-state index contributed by atoms with van der Waals surface area (Å²) in [6, 6.07) is 8.62. The van der Waals surface area contributed by atoms with Crippen LogP contribution in [0.1, 0.15) is 51.4 Å². The van der Waals surface area contributed by atoms with Crippen molar-refractivity contribution in [2.24, 2.45) is 11.8 Å². The van der Waals surface area contributed by atoms with Crippen molar-refractivity contribution < 1.29 is 9.21 Å². The number of oxazole rings is 1. The molecular weight excluding hydrogens is 326 g/mol. The summed E-state index contributed by atoms with van der Waals surface area (Å²) < 4.78 is 5.87. The molecule has 1 amide bonds. The number of rotatable bonds is 5. The number of amides is 1. The maximum Gasteiger partial charge on any atom is 0.298 e. The fourth-order valence-corrected chi connectivity index (χ4v) is 4.31. The number of piperidine rings is 1. The molecule has 0 bridgehead atoms. The second-order valence-electron chi connectivity index (χ2n) is 7.91. The van der Waals surface area contributed by atoms with Crippen molar-refractivity contribution >= 4 is 23.0 Å². The molecule has 2 fully saturated rings. The molecule has 0 unspecified atom stereocenters. The van der Waals surface area contributed by atoms with Crippen molar-refractivity contribution in [1.82, 2.24) is 10.3 Å². The molecule has 1 aromatic carbocycles. The van der Waals surface area contributed by atoms with Crippen LogP contribution in [-0.2, 0) is 4.79 Å². The van der Waals surface area contributed by atoms with E-state index in [1.54, 1.807) is 0 Å². The van der Waals surface area contributed by atoms with Crippen molar-refractivity contribution in [2.45, 2.75) is 51.4 Å². The van der Waals surface area contributed by atoms with Crippen LogP contribution in [0.2, 0.25) is 0 Å². The Morgan fingerprint density at radius 2 is 1.85 bits per heavy atom. The van der Waals surface area contributed by atoms with E-state index < -0.39 is 0 Å². The number of hydrogen-bond acceptors (Lipinski definition) is 4. The fourth-order valence-electron chi connectivity index (χ4n) is 4.31. The normalized spacial score (nSPS) is 19.8. The van der Waals surface area contributed by atoms with E-state index in [0.717, 1.165) is 56.0 Å². The van der Waals surface area contributed by atoms with Gasteiger partial charge in [-0.1, -0.05) is 31.4 Å². The molecule has 1 aliphatic heterocycles. The van der Waals surface area contributed by atoms with E-state index in [2.05, 4.69) is 15.2 Å². The zero-order valence-electron chi connectivity index (χ0n) is 15.5. The standard InChI is InChI=1S/C21H29N3O2/c25-20(14-16-6-2-1-3-7-16)22-15-17-10-12-24(13-11-17)21-23-18-8-4-5-9-19(18)26-21/h4-5,8-9,16-17H,1-3,6-7,10-15H2,(H,22,25). The van der Waals surface area contributed by atoms with Gasteiger partial charge in [-0.15, -0.1) is 0 Å². The summed E-state index contributed by atoms with van der Waals surface area (Å²) in [5, 5.41) is 3.18. The van der Waals surface area contributed by atoms with Crippen molar-refractivity contribution in [3.63, 3.8) is 0 Å².